The summed E-state index contributed by atoms with van der Waals surface area (Å²) in [5.74, 6) is -0.0120. The highest BCUT2D eigenvalue weighted by Gasteiger charge is 2.31. The highest BCUT2D eigenvalue weighted by atomic mass is 31.2. The second kappa shape index (κ2) is 13.8. The van der Waals surface area contributed by atoms with Gasteiger partial charge in [0.15, 0.2) is 0 Å². The van der Waals surface area contributed by atoms with Gasteiger partial charge in [0.05, 0.1) is 13.7 Å². The van der Waals surface area contributed by atoms with Crippen molar-refractivity contribution in [3.05, 3.63) is 12.2 Å². The molecule has 0 saturated heterocycles. The van der Waals surface area contributed by atoms with Crippen molar-refractivity contribution < 1.29 is 33.0 Å². The predicted octanol–water partition coefficient (Wildman–Crippen LogP) is 2.86. The molecule has 1 aliphatic heterocycles. The Morgan fingerprint density at radius 3 is 2.37 bits per heavy atom. The van der Waals surface area contributed by atoms with Crippen molar-refractivity contribution in [2.24, 2.45) is 11.8 Å². The highest BCUT2D eigenvalue weighted by molar-refractivity contribution is 7.41. The van der Waals surface area contributed by atoms with Gasteiger partial charge in [-0.05, 0) is 44.4 Å². The molecule has 2 aliphatic rings. The fourth-order valence-corrected chi connectivity index (χ4v) is 4.33. The molecule has 2 rings (SSSR count). The Morgan fingerprint density at radius 2 is 1.73 bits per heavy atom. The van der Waals surface area contributed by atoms with Gasteiger partial charge in [-0.3, -0.25) is 19.3 Å². The van der Waals surface area contributed by atoms with E-state index in [-0.39, 0.29) is 29.6 Å². The Hall–Kier alpha value is -1.38. The SMILES string of the molecule is COOP(OC)OCCCCCCNC(=O)C1CCC(CN2C(=O)C=CC2=O)CC1. The Bertz CT molecular complexity index is 576. The average molecular weight is 444 g/mol. The Kier molecular flexibility index (Phi) is 11.5. The second-order valence-electron chi connectivity index (χ2n) is 7.52. The predicted molar refractivity (Wildman–Crippen MR) is 111 cm³/mol. The number of hydrogen-bond acceptors (Lipinski definition) is 7. The molecule has 0 spiro atoms. The van der Waals surface area contributed by atoms with Crippen LogP contribution in [-0.2, 0) is 33.0 Å². The van der Waals surface area contributed by atoms with E-state index in [1.807, 2.05) is 0 Å². The van der Waals surface area contributed by atoms with E-state index in [2.05, 4.69) is 10.2 Å². The monoisotopic (exact) mass is 444 g/mol. The van der Waals surface area contributed by atoms with Gasteiger partial charge in [0.2, 0.25) is 5.91 Å². The molecule has 10 heteroatoms. The van der Waals surface area contributed by atoms with E-state index >= 15 is 0 Å². The molecule has 1 N–H and O–H groups in total. The van der Waals surface area contributed by atoms with Gasteiger partial charge in [0, 0.05) is 38.3 Å². The molecular weight excluding hydrogens is 411 g/mol. The van der Waals surface area contributed by atoms with E-state index < -0.39 is 8.60 Å². The van der Waals surface area contributed by atoms with Crippen LogP contribution in [0.5, 0.6) is 0 Å². The van der Waals surface area contributed by atoms with Gasteiger partial charge in [0.25, 0.3) is 11.8 Å². The number of rotatable bonds is 14. The largest absolute Gasteiger partial charge is 0.362 e. The van der Waals surface area contributed by atoms with Crippen LogP contribution in [0.2, 0.25) is 0 Å². The first-order valence-electron chi connectivity index (χ1n) is 10.5. The molecule has 0 aromatic rings. The Balaban J connectivity index is 1.48. The topological polar surface area (TPSA) is 103 Å². The summed E-state index contributed by atoms with van der Waals surface area (Å²) < 4.78 is 15.2. The zero-order chi connectivity index (χ0) is 21.8. The van der Waals surface area contributed by atoms with Crippen molar-refractivity contribution in [2.45, 2.75) is 51.4 Å². The molecule has 30 heavy (non-hydrogen) atoms. The minimum Gasteiger partial charge on any atom is -0.356 e. The van der Waals surface area contributed by atoms with E-state index in [0.717, 1.165) is 51.4 Å². The number of unbranched alkanes of at least 4 members (excludes halogenated alkanes) is 3. The molecule has 1 heterocycles. The summed E-state index contributed by atoms with van der Waals surface area (Å²) in [6.45, 7) is 1.69. The molecule has 170 valence electrons. The standard InChI is InChI=1S/C20H33N2O7P/c1-26-29-30(27-2)28-14-6-4-3-5-13-21-20(25)17-9-7-16(8-10-17)15-22-18(23)11-12-19(22)24/h11-12,16-17H,3-10,13-15H2,1-2H3,(H,21,25). The van der Waals surface area contributed by atoms with Crippen LogP contribution in [0, 0.1) is 11.8 Å². The maximum absolute atomic E-state index is 12.4. The van der Waals surface area contributed by atoms with Gasteiger partial charge >= 0.3 is 8.60 Å². The van der Waals surface area contributed by atoms with Crippen LogP contribution in [-0.4, -0.2) is 56.5 Å². The molecule has 3 amide bonds. The minimum atomic E-state index is -1.43. The van der Waals surface area contributed by atoms with Crippen molar-refractivity contribution in [1.82, 2.24) is 10.2 Å². The zero-order valence-corrected chi connectivity index (χ0v) is 18.7. The van der Waals surface area contributed by atoms with Crippen LogP contribution in [0.25, 0.3) is 0 Å². The quantitative estimate of drug-likeness (QED) is 0.144. The summed E-state index contributed by atoms with van der Waals surface area (Å²) in [7, 11) is 1.49. The first-order valence-corrected chi connectivity index (χ1v) is 11.6. The van der Waals surface area contributed by atoms with Gasteiger partial charge in [-0.2, -0.15) is 4.67 Å². The number of hydrogen-bond donors (Lipinski definition) is 1. The van der Waals surface area contributed by atoms with Gasteiger partial charge in [-0.15, -0.1) is 0 Å². The van der Waals surface area contributed by atoms with Crippen LogP contribution in [0.4, 0.5) is 0 Å². The maximum atomic E-state index is 12.4. The van der Waals surface area contributed by atoms with Crippen LogP contribution >= 0.6 is 8.60 Å². The van der Waals surface area contributed by atoms with Crippen LogP contribution < -0.4 is 5.32 Å². The second-order valence-corrected chi connectivity index (χ2v) is 8.74. The van der Waals surface area contributed by atoms with Crippen LogP contribution in [0.3, 0.4) is 0 Å². The van der Waals surface area contributed by atoms with Crippen molar-refractivity contribution >= 4 is 26.3 Å². The molecule has 0 aromatic carbocycles. The lowest BCUT2D eigenvalue weighted by molar-refractivity contribution is -0.189. The minimum absolute atomic E-state index is 0.0341. The third-order valence-corrected chi connectivity index (χ3v) is 6.37. The highest BCUT2D eigenvalue weighted by Crippen LogP contribution is 2.38. The fraction of sp³-hybridized carbons (Fsp3) is 0.750. The van der Waals surface area contributed by atoms with Crippen molar-refractivity contribution in [2.75, 3.05) is 33.9 Å². The molecule has 1 fully saturated rings. The lowest BCUT2D eigenvalue weighted by Crippen LogP contribution is -2.38. The third kappa shape index (κ3) is 8.40. The maximum Gasteiger partial charge on any atom is 0.362 e. The zero-order valence-electron chi connectivity index (χ0n) is 17.8. The summed E-state index contributed by atoms with van der Waals surface area (Å²) in [6.07, 6.45) is 9.83. The number of amides is 3. The smallest absolute Gasteiger partial charge is 0.356 e. The lowest BCUT2D eigenvalue weighted by Gasteiger charge is -2.30. The summed E-state index contributed by atoms with van der Waals surface area (Å²) >= 11 is 0. The molecule has 9 nitrogen and oxygen atoms in total. The number of carbonyl (C=O) groups is 3. The lowest BCUT2D eigenvalue weighted by atomic mass is 9.81. The molecule has 1 aliphatic carbocycles. The Labute approximate surface area is 179 Å². The van der Waals surface area contributed by atoms with Crippen LogP contribution in [0.15, 0.2) is 12.2 Å². The molecule has 0 aromatic heterocycles. The number of imide groups is 1. The summed E-state index contributed by atoms with van der Waals surface area (Å²) in [4.78, 5) is 41.5. The first-order chi connectivity index (χ1) is 14.5. The van der Waals surface area contributed by atoms with Gasteiger partial charge in [-0.25, -0.2) is 4.89 Å². The third-order valence-electron chi connectivity index (χ3n) is 5.41. The normalized spacial score (nSPS) is 22.5. The van der Waals surface area contributed by atoms with Gasteiger partial charge < -0.3 is 14.4 Å². The molecule has 1 atom stereocenters. The summed E-state index contributed by atoms with van der Waals surface area (Å²) in [5.41, 5.74) is 0. The van der Waals surface area contributed by atoms with Gasteiger partial charge in [-0.1, -0.05) is 12.8 Å². The van der Waals surface area contributed by atoms with Crippen molar-refractivity contribution in [3.8, 4) is 0 Å². The molecular formula is C20H33N2O7P. The van der Waals surface area contributed by atoms with E-state index in [1.54, 1.807) is 0 Å². The summed E-state index contributed by atoms with van der Waals surface area (Å²) in [6, 6.07) is 0. The fourth-order valence-electron chi connectivity index (χ4n) is 3.72. The van der Waals surface area contributed by atoms with Gasteiger partial charge in [0.1, 0.15) is 0 Å². The van der Waals surface area contributed by atoms with E-state index in [1.165, 1.54) is 31.3 Å². The van der Waals surface area contributed by atoms with Crippen molar-refractivity contribution in [1.29, 1.82) is 0 Å². The summed E-state index contributed by atoms with van der Waals surface area (Å²) in [5, 5.41) is 3.04. The molecule has 0 radical (unpaired) electrons. The number of carbonyl (C=O) groups excluding carboxylic acids is 3. The first kappa shape index (κ1) is 24.9. The number of nitrogens with one attached hydrogen (secondary N) is 1. The molecule has 0 bridgehead atoms. The molecule has 1 saturated carbocycles. The van der Waals surface area contributed by atoms with Crippen LogP contribution in [0.1, 0.15) is 51.4 Å². The van der Waals surface area contributed by atoms with Crippen molar-refractivity contribution in [3.63, 3.8) is 0 Å². The Morgan fingerprint density at radius 1 is 1.07 bits per heavy atom. The van der Waals surface area contributed by atoms with E-state index in [9.17, 15) is 14.4 Å². The van der Waals surface area contributed by atoms with E-state index in [0.29, 0.717) is 19.7 Å². The average Bonchev–Trinajstić information content (AvgIpc) is 3.07. The van der Waals surface area contributed by atoms with E-state index in [4.69, 9.17) is 13.7 Å². The number of nitrogens with zero attached hydrogens (tertiary/aromatic N) is 1. The molecule has 1 unspecified atom stereocenters.